The molecule has 1 heterocycles. The van der Waals surface area contributed by atoms with Gasteiger partial charge < -0.3 is 10.6 Å². The fourth-order valence-electron chi connectivity index (χ4n) is 2.66. The molecule has 0 atom stereocenters. The summed E-state index contributed by atoms with van der Waals surface area (Å²) in [6.45, 7) is 2.48. The van der Waals surface area contributed by atoms with Crippen LogP contribution in [-0.2, 0) is 13.0 Å². The van der Waals surface area contributed by atoms with Gasteiger partial charge in [-0.1, -0.05) is 54.9 Å². The Kier molecular flexibility index (Phi) is 5.87. The van der Waals surface area contributed by atoms with E-state index in [0.29, 0.717) is 17.1 Å². The highest BCUT2D eigenvalue weighted by molar-refractivity contribution is 6.31. The molecule has 132 valence electrons. The van der Waals surface area contributed by atoms with Crippen LogP contribution in [0, 0.1) is 0 Å². The van der Waals surface area contributed by atoms with Crippen LogP contribution in [0.25, 0.3) is 0 Å². The molecule has 0 aliphatic rings. The second-order valence-electron chi connectivity index (χ2n) is 5.87. The number of halogens is 1. The van der Waals surface area contributed by atoms with Crippen LogP contribution in [0.2, 0.25) is 5.02 Å². The molecule has 26 heavy (non-hydrogen) atoms. The van der Waals surface area contributed by atoms with Crippen molar-refractivity contribution in [1.29, 1.82) is 0 Å². The number of nitrogens with zero attached hydrogens (tertiary/aromatic N) is 1. The molecule has 1 amide bonds. The zero-order valence-electron chi connectivity index (χ0n) is 14.5. The third-order valence-electron chi connectivity index (χ3n) is 4.07. The van der Waals surface area contributed by atoms with Gasteiger partial charge in [0.25, 0.3) is 5.91 Å². The number of amides is 1. The molecule has 0 saturated carbocycles. The lowest BCUT2D eigenvalue weighted by molar-refractivity contribution is 0.0950. The fraction of sp³-hybridized carbons (Fsp3) is 0.143. The van der Waals surface area contributed by atoms with Crippen molar-refractivity contribution < 1.29 is 4.79 Å². The van der Waals surface area contributed by atoms with Gasteiger partial charge in [-0.25, -0.2) is 0 Å². The summed E-state index contributed by atoms with van der Waals surface area (Å²) in [4.78, 5) is 16.6. The summed E-state index contributed by atoms with van der Waals surface area (Å²) in [5.41, 5.74) is 4.38. The number of pyridine rings is 1. The normalized spacial score (nSPS) is 10.4. The number of hydrogen-bond acceptors (Lipinski definition) is 3. The maximum Gasteiger partial charge on any atom is 0.253 e. The van der Waals surface area contributed by atoms with E-state index < -0.39 is 0 Å². The predicted molar refractivity (Wildman–Crippen MR) is 106 cm³/mol. The Morgan fingerprint density at radius 1 is 1.04 bits per heavy atom. The molecule has 2 N–H and O–H groups in total. The Bertz CT molecular complexity index is 911. The molecule has 3 rings (SSSR count). The van der Waals surface area contributed by atoms with E-state index in [1.165, 1.54) is 5.56 Å². The second-order valence-corrected chi connectivity index (χ2v) is 6.28. The number of para-hydroxylation sites is 1. The van der Waals surface area contributed by atoms with E-state index in [-0.39, 0.29) is 5.91 Å². The minimum atomic E-state index is -0.190. The molecule has 0 fully saturated rings. The lowest BCUT2D eigenvalue weighted by Gasteiger charge is -2.12. The molecule has 0 unspecified atom stereocenters. The Balaban J connectivity index is 1.70. The number of benzene rings is 2. The fourth-order valence-corrected chi connectivity index (χ4v) is 2.86. The van der Waals surface area contributed by atoms with Crippen LogP contribution in [-0.4, -0.2) is 10.9 Å². The van der Waals surface area contributed by atoms with Crippen molar-refractivity contribution in [2.24, 2.45) is 0 Å². The number of rotatable bonds is 6. The van der Waals surface area contributed by atoms with Gasteiger partial charge in [0.05, 0.1) is 17.4 Å². The first-order valence-electron chi connectivity index (χ1n) is 8.49. The van der Waals surface area contributed by atoms with Crippen molar-refractivity contribution >= 4 is 28.9 Å². The first-order valence-corrected chi connectivity index (χ1v) is 8.86. The number of carbonyl (C=O) groups excluding carboxylic acids is 1. The highest BCUT2D eigenvalue weighted by Crippen LogP contribution is 2.21. The van der Waals surface area contributed by atoms with Crippen LogP contribution in [0.15, 0.2) is 67.0 Å². The highest BCUT2D eigenvalue weighted by Gasteiger charge is 2.09. The van der Waals surface area contributed by atoms with Crippen molar-refractivity contribution in [2.45, 2.75) is 19.9 Å². The van der Waals surface area contributed by atoms with Crippen LogP contribution in [0.5, 0.6) is 0 Å². The van der Waals surface area contributed by atoms with Crippen LogP contribution in [0.4, 0.5) is 11.4 Å². The maximum absolute atomic E-state index is 12.4. The second kappa shape index (κ2) is 8.50. The Morgan fingerprint density at radius 3 is 2.54 bits per heavy atom. The molecule has 5 heteroatoms. The molecule has 0 spiro atoms. The van der Waals surface area contributed by atoms with Crippen LogP contribution >= 0.6 is 11.6 Å². The molecule has 4 nitrogen and oxygen atoms in total. The molecular weight excluding hydrogens is 346 g/mol. The summed E-state index contributed by atoms with van der Waals surface area (Å²) in [6.07, 6.45) is 4.19. The van der Waals surface area contributed by atoms with Crippen molar-refractivity contribution in [3.63, 3.8) is 0 Å². The smallest absolute Gasteiger partial charge is 0.253 e. The number of anilines is 2. The summed E-state index contributed by atoms with van der Waals surface area (Å²) in [7, 11) is 0. The minimum absolute atomic E-state index is 0.190. The number of nitrogens with one attached hydrogen (secondary N) is 2. The van der Waals surface area contributed by atoms with Gasteiger partial charge in [-0.2, -0.15) is 0 Å². The number of aryl methyl sites for hydroxylation is 1. The lowest BCUT2D eigenvalue weighted by atomic mass is 10.1. The number of carbonyl (C=O) groups is 1. The van der Waals surface area contributed by atoms with Gasteiger partial charge >= 0.3 is 0 Å². The van der Waals surface area contributed by atoms with Gasteiger partial charge in [0.2, 0.25) is 0 Å². The van der Waals surface area contributed by atoms with Gasteiger partial charge in [-0.05, 0) is 35.7 Å². The number of aromatic nitrogens is 1. The average Bonchev–Trinajstić information content (AvgIpc) is 2.68. The first kappa shape index (κ1) is 18.0. The maximum atomic E-state index is 12.4. The lowest BCUT2D eigenvalue weighted by Crippen LogP contribution is -2.23. The van der Waals surface area contributed by atoms with E-state index in [1.807, 2.05) is 36.4 Å². The quantitative estimate of drug-likeness (QED) is 0.648. The molecule has 2 aromatic carbocycles. The van der Waals surface area contributed by atoms with Gasteiger partial charge in [0.1, 0.15) is 0 Å². The molecule has 0 radical (unpaired) electrons. The molecule has 3 aromatic rings. The zero-order chi connectivity index (χ0) is 18.4. The minimum Gasteiger partial charge on any atom is -0.354 e. The van der Waals surface area contributed by atoms with E-state index in [1.54, 1.807) is 24.5 Å². The van der Waals surface area contributed by atoms with Gasteiger partial charge in [0, 0.05) is 23.5 Å². The summed E-state index contributed by atoms with van der Waals surface area (Å²) in [6, 6.07) is 17.3. The molecule has 0 bridgehead atoms. The predicted octanol–water partition coefficient (Wildman–Crippen LogP) is 4.97. The van der Waals surface area contributed by atoms with Gasteiger partial charge in [0.15, 0.2) is 0 Å². The van der Waals surface area contributed by atoms with E-state index in [4.69, 9.17) is 11.6 Å². The summed E-state index contributed by atoms with van der Waals surface area (Å²) in [5, 5.41) is 6.85. The Morgan fingerprint density at radius 2 is 1.77 bits per heavy atom. The van der Waals surface area contributed by atoms with Gasteiger partial charge in [-0.3, -0.25) is 9.78 Å². The average molecular weight is 366 g/mol. The van der Waals surface area contributed by atoms with Gasteiger partial charge in [-0.15, -0.1) is 0 Å². The Hall–Kier alpha value is -2.85. The summed E-state index contributed by atoms with van der Waals surface area (Å²) >= 11 is 6.12. The van der Waals surface area contributed by atoms with E-state index in [0.717, 1.165) is 23.4 Å². The monoisotopic (exact) mass is 365 g/mol. The number of hydrogen-bond donors (Lipinski definition) is 2. The first-order chi connectivity index (χ1) is 12.7. The SMILES string of the molecule is CCc1ccccc1Nc1cncc(C(=O)NCc2ccccc2Cl)c1. The summed E-state index contributed by atoms with van der Waals surface area (Å²) < 4.78 is 0. The molecular formula is C21H20ClN3O. The standard InChI is InChI=1S/C21H20ClN3O/c1-2-15-7-4-6-10-20(15)25-18-11-17(12-23-14-18)21(26)24-13-16-8-3-5-9-19(16)22/h3-12,14,25H,2,13H2,1H3,(H,24,26). The van der Waals surface area contributed by atoms with Crippen molar-refractivity contribution in [1.82, 2.24) is 10.3 Å². The molecule has 0 saturated heterocycles. The summed E-state index contributed by atoms with van der Waals surface area (Å²) in [5.74, 6) is -0.190. The topological polar surface area (TPSA) is 54.0 Å². The third-order valence-corrected chi connectivity index (χ3v) is 4.44. The van der Waals surface area contributed by atoms with E-state index in [2.05, 4.69) is 28.6 Å². The molecule has 1 aromatic heterocycles. The van der Waals surface area contributed by atoms with Crippen LogP contribution < -0.4 is 10.6 Å². The molecule has 0 aliphatic carbocycles. The van der Waals surface area contributed by atoms with Crippen LogP contribution in [0.3, 0.4) is 0 Å². The van der Waals surface area contributed by atoms with Crippen molar-refractivity contribution in [3.8, 4) is 0 Å². The largest absolute Gasteiger partial charge is 0.354 e. The highest BCUT2D eigenvalue weighted by atomic mass is 35.5. The Labute approximate surface area is 158 Å². The third kappa shape index (κ3) is 4.41. The van der Waals surface area contributed by atoms with E-state index >= 15 is 0 Å². The molecule has 0 aliphatic heterocycles. The van der Waals surface area contributed by atoms with Crippen molar-refractivity contribution in [2.75, 3.05) is 5.32 Å². The van der Waals surface area contributed by atoms with Crippen molar-refractivity contribution in [3.05, 3.63) is 88.7 Å². The van der Waals surface area contributed by atoms with E-state index in [9.17, 15) is 4.79 Å². The zero-order valence-corrected chi connectivity index (χ0v) is 15.3. The van der Waals surface area contributed by atoms with Crippen LogP contribution in [0.1, 0.15) is 28.4 Å².